The van der Waals surface area contributed by atoms with Crippen LogP contribution in [-0.4, -0.2) is 263 Å². The number of aliphatic hydroxyl groups is 16. The number of hydrogen-bond acceptors (Lipinski definition) is 27. The van der Waals surface area contributed by atoms with Crippen molar-refractivity contribution in [3.05, 3.63) is 140 Å². The van der Waals surface area contributed by atoms with Crippen molar-refractivity contribution in [2.24, 2.45) is 0 Å². The van der Waals surface area contributed by atoms with Gasteiger partial charge in [0.25, 0.3) is 0 Å². The number of fused-ring (bicyclic) bond motifs is 11. The first kappa shape index (κ1) is 88.6. The SMILES string of the molecule is CN1C[C@@H]2c3nc(c(-c4c(F)c(F)c(S[C@@H]5O[C@H](CO)[C@@H](O)[C@H](O)[C@H]5O)c(F)c4F)c4ccc([n-]4)c(-c4c(F)c(F)c(S[C@@H]5O[C@H](CO)[C@@H](O)[C@H](O)[C@H]5O)c(F)c4F)c4nc(c(-c5c(F)c(F)c(S[C@@H]6O[C@H](CO)[C@@H](O)[C@H](O)[C@H]6O)c(F)c5F)c5ccc([n-]5)c3-c3c(F)c(F)c(S[C@@H]5O[C@H](CO)[C@@H](O)[C@H](O)[C@H]5O)c(F)c3F)C=C4)[C@@H]2C1.[Pd+2]. The van der Waals surface area contributed by atoms with Crippen molar-refractivity contribution in [1.82, 2.24) is 24.8 Å². The molecule has 0 aliphatic carbocycles. The van der Waals surface area contributed by atoms with E-state index >= 15 is 70.2 Å². The van der Waals surface area contributed by atoms with Gasteiger partial charge in [-0.25, -0.2) is 75.2 Å². The Hall–Kier alpha value is -6.16. The van der Waals surface area contributed by atoms with E-state index in [0.29, 0.717) is 36.4 Å². The molecule has 0 saturated carbocycles. The van der Waals surface area contributed by atoms with Crippen molar-refractivity contribution >= 4 is 81.3 Å². The molecule has 5 saturated heterocycles. The summed E-state index contributed by atoms with van der Waals surface area (Å²) in [7, 11) is 1.31. The number of aliphatic hydroxyl groups excluding tert-OH is 16. The first-order valence-corrected chi connectivity index (χ1v) is 37.8. The van der Waals surface area contributed by atoms with E-state index in [4.69, 9.17) is 18.9 Å². The maximum Gasteiger partial charge on any atom is 2.00 e. The van der Waals surface area contributed by atoms with Crippen molar-refractivity contribution in [2.75, 3.05) is 46.6 Å². The Kier molecular flexibility index (Phi) is 26.0. The Morgan fingerprint density at radius 2 is 0.530 bits per heavy atom. The number of ether oxygens (including phenoxy) is 4. The Bertz CT molecular complexity index is 4880. The zero-order valence-electron chi connectivity index (χ0n) is 58.4. The van der Waals surface area contributed by atoms with Crippen LogP contribution in [0.3, 0.4) is 0 Å². The maximum atomic E-state index is 18.0. The summed E-state index contributed by atoms with van der Waals surface area (Å²) in [6.45, 7) is -5.62. The van der Waals surface area contributed by atoms with Gasteiger partial charge < -0.3 is 116 Å². The van der Waals surface area contributed by atoms with Crippen LogP contribution < -0.4 is 9.97 Å². The van der Waals surface area contributed by atoms with Crippen LogP contribution >= 0.6 is 47.0 Å². The molecule has 5 fully saturated rings. The monoisotopic (exact) mass is 1840 g/mol. The molecular weight excluding hydrogens is 1780 g/mol. The Balaban J connectivity index is 0.0000119. The minimum atomic E-state index is -2.50. The third-order valence-corrected chi connectivity index (χ3v) is 25.5. The van der Waals surface area contributed by atoms with Crippen molar-refractivity contribution in [1.29, 1.82) is 0 Å². The molecule has 0 radical (unpaired) electrons. The van der Waals surface area contributed by atoms with Gasteiger partial charge in [-0.05, 0) is 41.5 Å². The number of nitrogens with zero attached hydrogens (tertiary/aromatic N) is 5. The zero-order valence-corrected chi connectivity index (χ0v) is 63.3. The van der Waals surface area contributed by atoms with Crippen LogP contribution in [0.4, 0.5) is 70.2 Å². The van der Waals surface area contributed by atoms with Crippen LogP contribution in [0.1, 0.15) is 34.6 Å². The average Bonchev–Trinajstić information content (AvgIpc) is 1.59. The number of halogens is 16. The summed E-state index contributed by atoms with van der Waals surface area (Å²) in [6.07, 6.45) is -33.0. The van der Waals surface area contributed by atoms with Gasteiger partial charge in [-0.15, -0.1) is 22.1 Å². The molecule has 10 heterocycles. The molecule has 634 valence electrons. The first-order chi connectivity index (χ1) is 54.9. The molecule has 25 nitrogen and oxygen atoms in total. The van der Waals surface area contributed by atoms with Gasteiger partial charge in [0, 0.05) is 24.9 Å². The van der Waals surface area contributed by atoms with E-state index < -0.39 is 373 Å². The second kappa shape index (κ2) is 34.3. The van der Waals surface area contributed by atoms with Crippen LogP contribution in [0.5, 0.6) is 0 Å². The molecule has 22 atom stereocenters. The Morgan fingerprint density at radius 1 is 0.316 bits per heavy atom. The van der Waals surface area contributed by atoms with Gasteiger partial charge in [0.15, 0.2) is 93.1 Å². The summed E-state index contributed by atoms with van der Waals surface area (Å²) < 4.78 is 302. The summed E-state index contributed by atoms with van der Waals surface area (Å²) >= 11 is -1.46. The van der Waals surface area contributed by atoms with Crippen LogP contribution in [0.15, 0.2) is 43.8 Å². The smallest absolute Gasteiger partial charge is 0.657 e. The largest absolute Gasteiger partial charge is 2.00 e. The molecule has 7 aliphatic heterocycles. The molecule has 0 spiro atoms. The van der Waals surface area contributed by atoms with Gasteiger partial charge in [0.1, 0.15) is 119 Å². The molecule has 8 bridgehead atoms. The van der Waals surface area contributed by atoms with Crippen molar-refractivity contribution in [3.8, 4) is 44.5 Å². The fraction of sp³-hybridized carbons (Fsp3) is 0.408. The van der Waals surface area contributed by atoms with Crippen molar-refractivity contribution in [2.45, 2.75) is 151 Å². The third kappa shape index (κ3) is 14.9. The van der Waals surface area contributed by atoms with E-state index in [1.807, 2.05) is 0 Å². The number of benzene rings is 4. The first-order valence-electron chi connectivity index (χ1n) is 34.3. The number of likely N-dealkylation sites (tertiary alicyclic amines) is 1. The van der Waals surface area contributed by atoms with Crippen molar-refractivity contribution < 1.29 is 191 Å². The standard InChI is InChI=1S/C71H59F16N5O20S4.Pd/c1-92-8-14-15(9-92)51-29(33-40(78)48(86)67(49(87)41(33)79)116-71-63(108)59(104)55(100)25(13-96)112-71)21-7-5-19(90-21)27(31-36(74)44(82)65(45(83)37(31)75)114-69-61(106)57(102)53(98)23(11-94)110-69)17-3-2-16(88-17)26(30-34(72)42(80)64(43(81)35(30)73)113-68-60(105)56(101)52(97)22(10-93)109-68)18-4-6-20(89-18)28(50(14)91-51)32-38(76)46(84)66(47(85)39(32)77)115-70-62(107)58(103)54(99)24(12-95)111-70;/h2-7,14-15,22-25,52-63,68-71,93-108H,8-13H2,1H3;/q-2;+2/t14-,15+,22-,23-,24-,25-,52-,53-,54-,55-,56+,57+,58+,59+,60-,61-,62-,63-,68+,69+,70+,71+;/m1./s1. The molecule has 46 heteroatoms. The molecule has 0 amide bonds. The van der Waals surface area contributed by atoms with E-state index in [1.165, 1.54) is 11.9 Å². The molecule has 117 heavy (non-hydrogen) atoms. The quantitative estimate of drug-likeness (QED) is 0.0369. The molecule has 14 rings (SSSR count). The minimum absolute atomic E-state index is 0. The van der Waals surface area contributed by atoms with Gasteiger partial charge in [-0.2, -0.15) is 0 Å². The normalized spacial score (nSPS) is 30.0. The number of likely N-dealkylation sites (N-methyl/N-ethyl adjacent to an activating group) is 1. The van der Waals surface area contributed by atoms with Gasteiger partial charge in [-0.1, -0.05) is 71.3 Å². The van der Waals surface area contributed by atoms with Crippen LogP contribution in [0.2, 0.25) is 0 Å². The summed E-state index contributed by atoms with van der Waals surface area (Å²) in [5.41, 5.74) is -30.4. The number of thioether (sulfide) groups is 4. The second-order valence-electron chi connectivity index (χ2n) is 27.6. The fourth-order valence-corrected chi connectivity index (χ4v) is 19.1. The van der Waals surface area contributed by atoms with Gasteiger partial charge in [0.2, 0.25) is 0 Å². The topological polar surface area (TPSA) is 418 Å². The summed E-state index contributed by atoms with van der Waals surface area (Å²) in [4.78, 5) is 11.9. The van der Waals surface area contributed by atoms with E-state index in [9.17, 15) is 81.7 Å². The van der Waals surface area contributed by atoms with E-state index in [-0.39, 0.29) is 67.5 Å². The minimum Gasteiger partial charge on any atom is -0.657 e. The third-order valence-electron chi connectivity index (χ3n) is 20.6. The fourth-order valence-electron chi connectivity index (χ4n) is 14.7. The van der Waals surface area contributed by atoms with Gasteiger partial charge in [0.05, 0.1) is 91.0 Å². The second-order valence-corrected chi connectivity index (χ2v) is 32.0. The predicted octanol–water partition coefficient (Wildman–Crippen LogP) is 4.02. The van der Waals surface area contributed by atoms with E-state index in [2.05, 4.69) is 19.9 Å². The van der Waals surface area contributed by atoms with Crippen molar-refractivity contribution in [3.63, 3.8) is 0 Å². The molecule has 0 unspecified atom stereocenters. The average molecular weight is 1840 g/mol. The predicted molar refractivity (Wildman–Crippen MR) is 370 cm³/mol. The van der Waals surface area contributed by atoms with Crippen LogP contribution in [0, 0.1) is 93.1 Å². The maximum absolute atomic E-state index is 18.0. The van der Waals surface area contributed by atoms with Gasteiger partial charge >= 0.3 is 20.4 Å². The molecule has 16 N–H and O–H groups in total. The number of aromatic nitrogens is 4. The zero-order chi connectivity index (χ0) is 84.0. The molecule has 4 aromatic carbocycles. The summed E-state index contributed by atoms with van der Waals surface area (Å²) in [5.74, 6) is -42.6. The Morgan fingerprint density at radius 3 is 0.752 bits per heavy atom. The van der Waals surface area contributed by atoms with Crippen LogP contribution in [0.25, 0.3) is 78.7 Å². The molecular formula is C71H59F16N5O20PdS4. The molecule has 7 aliphatic rings. The number of rotatable bonds is 16. The summed E-state index contributed by atoms with van der Waals surface area (Å²) in [5, 5.41) is 167. The Labute approximate surface area is 675 Å². The molecule has 7 aromatic rings. The molecule has 3 aromatic heterocycles. The van der Waals surface area contributed by atoms with E-state index in [1.54, 1.807) is 0 Å². The van der Waals surface area contributed by atoms with E-state index in [0.717, 1.165) is 0 Å². The van der Waals surface area contributed by atoms with Crippen LogP contribution in [-0.2, 0) is 39.4 Å². The number of hydrogen-bond donors (Lipinski definition) is 16. The van der Waals surface area contributed by atoms with Gasteiger partial charge in [-0.3, -0.25) is 4.98 Å². The summed E-state index contributed by atoms with van der Waals surface area (Å²) in [6, 6.07) is 2.46.